The molecular weight excluding hydrogens is 408 g/mol. The first kappa shape index (κ1) is 19.7. The highest BCUT2D eigenvalue weighted by atomic mass is 32.2. The molecule has 4 rings (SSSR count). The molecule has 9 heteroatoms. The smallest absolute Gasteiger partial charge is 0.286 e. The van der Waals surface area contributed by atoms with Crippen molar-refractivity contribution in [1.29, 1.82) is 0 Å². The molecule has 1 aliphatic rings. The molecule has 1 saturated heterocycles. The van der Waals surface area contributed by atoms with Crippen molar-refractivity contribution in [3.05, 3.63) is 70.7 Å². The molecule has 150 valence electrons. The van der Waals surface area contributed by atoms with Crippen LogP contribution in [0.2, 0.25) is 0 Å². The van der Waals surface area contributed by atoms with Crippen LogP contribution < -0.4 is 5.32 Å². The Morgan fingerprint density at radius 2 is 1.72 bits per heavy atom. The normalized spacial score (nSPS) is 17.7. The van der Waals surface area contributed by atoms with Gasteiger partial charge in [-0.15, -0.1) is 10.2 Å². The number of anilines is 1. The largest absolute Gasteiger partial charge is 0.320 e. The minimum absolute atomic E-state index is 0.0713. The molecule has 1 N–H and O–H groups in total. The lowest BCUT2D eigenvalue weighted by molar-refractivity contribution is 0.102. The van der Waals surface area contributed by atoms with Crippen molar-refractivity contribution in [2.24, 2.45) is 0 Å². The van der Waals surface area contributed by atoms with E-state index in [4.69, 9.17) is 0 Å². The Hall–Kier alpha value is -2.62. The van der Waals surface area contributed by atoms with Crippen LogP contribution in [-0.4, -0.2) is 41.9 Å². The number of para-hydroxylation sites is 1. The summed E-state index contributed by atoms with van der Waals surface area (Å²) >= 11 is 1.22. The molecule has 3 aromatic rings. The number of nitrogens with zero attached hydrogens (tertiary/aromatic N) is 3. The van der Waals surface area contributed by atoms with Gasteiger partial charge in [0.1, 0.15) is 5.01 Å². The molecule has 7 nitrogen and oxygen atoms in total. The highest BCUT2D eigenvalue weighted by Gasteiger charge is 2.32. The number of benzene rings is 2. The van der Waals surface area contributed by atoms with Gasteiger partial charge < -0.3 is 5.32 Å². The fourth-order valence-corrected chi connectivity index (χ4v) is 5.71. The van der Waals surface area contributed by atoms with E-state index in [9.17, 15) is 13.2 Å². The maximum atomic E-state index is 12.9. The minimum Gasteiger partial charge on any atom is -0.320 e. The second kappa shape index (κ2) is 8.40. The zero-order valence-corrected chi connectivity index (χ0v) is 17.2. The van der Waals surface area contributed by atoms with Gasteiger partial charge in [0, 0.05) is 24.7 Å². The molecule has 0 spiro atoms. The molecule has 0 saturated carbocycles. The number of hydrogen-bond donors (Lipinski definition) is 1. The second-order valence-corrected chi connectivity index (χ2v) is 9.73. The average Bonchev–Trinajstić information content (AvgIpc) is 3.26. The molecule has 1 fully saturated rings. The van der Waals surface area contributed by atoms with Crippen molar-refractivity contribution in [2.75, 3.05) is 18.4 Å². The van der Waals surface area contributed by atoms with Crippen LogP contribution in [0.15, 0.2) is 65.6 Å². The average molecular weight is 429 g/mol. The first-order valence-electron chi connectivity index (χ1n) is 9.29. The van der Waals surface area contributed by atoms with E-state index in [0.717, 1.165) is 12.8 Å². The van der Waals surface area contributed by atoms with E-state index in [1.54, 1.807) is 42.5 Å². The molecule has 2 aromatic carbocycles. The van der Waals surface area contributed by atoms with E-state index >= 15 is 0 Å². The first-order chi connectivity index (χ1) is 14.0. The van der Waals surface area contributed by atoms with E-state index in [0.29, 0.717) is 28.7 Å². The van der Waals surface area contributed by atoms with Crippen molar-refractivity contribution >= 4 is 33.0 Å². The van der Waals surface area contributed by atoms with E-state index in [1.165, 1.54) is 15.6 Å². The van der Waals surface area contributed by atoms with Gasteiger partial charge in [0.05, 0.1) is 4.90 Å². The zero-order chi connectivity index (χ0) is 20.3. The summed E-state index contributed by atoms with van der Waals surface area (Å²) in [6, 6.07) is 17.6. The monoisotopic (exact) mass is 428 g/mol. The molecule has 1 aliphatic heterocycles. The molecule has 0 bridgehead atoms. The molecule has 0 aliphatic carbocycles. The summed E-state index contributed by atoms with van der Waals surface area (Å²) in [5.74, 6) is -0.387. The number of carbonyl (C=O) groups is 1. The van der Waals surface area contributed by atoms with Crippen molar-refractivity contribution in [1.82, 2.24) is 14.5 Å². The lowest BCUT2D eigenvalue weighted by atomic mass is 10.0. The maximum absolute atomic E-state index is 12.9. The first-order valence-corrected chi connectivity index (χ1v) is 11.5. The van der Waals surface area contributed by atoms with Crippen LogP contribution in [0.3, 0.4) is 0 Å². The van der Waals surface area contributed by atoms with Gasteiger partial charge in [-0.05, 0) is 37.1 Å². The summed E-state index contributed by atoms with van der Waals surface area (Å²) in [7, 11) is -3.54. The van der Waals surface area contributed by atoms with Crippen LogP contribution >= 0.6 is 11.3 Å². The molecular formula is C20H20N4O3S2. The third kappa shape index (κ3) is 4.36. The van der Waals surface area contributed by atoms with Crippen molar-refractivity contribution in [2.45, 2.75) is 23.7 Å². The second-order valence-electron chi connectivity index (χ2n) is 6.78. The van der Waals surface area contributed by atoms with Crippen molar-refractivity contribution < 1.29 is 13.2 Å². The van der Waals surface area contributed by atoms with Gasteiger partial charge in [-0.25, -0.2) is 8.42 Å². The summed E-state index contributed by atoms with van der Waals surface area (Å²) in [5.41, 5.74) is 0.687. The number of carbonyl (C=O) groups excluding carboxylic acids is 1. The topological polar surface area (TPSA) is 92.3 Å². The molecule has 2 heterocycles. The van der Waals surface area contributed by atoms with Gasteiger partial charge in [0.25, 0.3) is 5.91 Å². The van der Waals surface area contributed by atoms with Crippen LogP contribution in [0.5, 0.6) is 0 Å². The number of rotatable bonds is 5. The molecule has 1 aromatic heterocycles. The fourth-order valence-electron chi connectivity index (χ4n) is 3.30. The van der Waals surface area contributed by atoms with Crippen LogP contribution in [0.1, 0.15) is 33.6 Å². The number of aromatic nitrogens is 2. The SMILES string of the molecule is O=C(Nc1ccccc1)c1nnc([C@@H]2CCCN(S(=O)(=O)c3ccccc3)C2)s1. The summed E-state index contributed by atoms with van der Waals surface area (Å²) in [5, 5.41) is 12.0. The molecule has 0 unspecified atom stereocenters. The van der Waals surface area contributed by atoms with Crippen LogP contribution in [0, 0.1) is 0 Å². The lowest BCUT2D eigenvalue weighted by Crippen LogP contribution is -2.39. The van der Waals surface area contributed by atoms with E-state index in [-0.39, 0.29) is 16.8 Å². The van der Waals surface area contributed by atoms with Crippen LogP contribution in [0.4, 0.5) is 5.69 Å². The van der Waals surface area contributed by atoms with Gasteiger partial charge in [-0.1, -0.05) is 47.7 Å². The quantitative estimate of drug-likeness (QED) is 0.673. The molecule has 1 atom stereocenters. The Kier molecular flexibility index (Phi) is 5.70. The standard InChI is InChI=1S/C20H20N4O3S2/c25-18(21-16-9-3-1-4-10-16)20-23-22-19(28-20)15-8-7-13-24(14-15)29(26,27)17-11-5-2-6-12-17/h1-6,9-12,15H,7-8,13-14H2,(H,21,25)/t15-/m1/s1. The van der Waals surface area contributed by atoms with Gasteiger partial charge >= 0.3 is 0 Å². The predicted octanol–water partition coefficient (Wildman–Crippen LogP) is 3.36. The lowest BCUT2D eigenvalue weighted by Gasteiger charge is -2.30. The Balaban J connectivity index is 1.47. The Labute approximate surface area is 173 Å². The maximum Gasteiger partial charge on any atom is 0.286 e. The number of piperidine rings is 1. The van der Waals surface area contributed by atoms with Crippen molar-refractivity contribution in [3.8, 4) is 0 Å². The zero-order valence-electron chi connectivity index (χ0n) is 15.6. The number of nitrogens with one attached hydrogen (secondary N) is 1. The fraction of sp³-hybridized carbons (Fsp3) is 0.250. The van der Waals surface area contributed by atoms with Crippen molar-refractivity contribution in [3.63, 3.8) is 0 Å². The number of hydrogen-bond acceptors (Lipinski definition) is 6. The Bertz CT molecular complexity index is 1090. The summed E-state index contributed by atoms with van der Waals surface area (Å²) in [6.07, 6.45) is 1.55. The summed E-state index contributed by atoms with van der Waals surface area (Å²) < 4.78 is 27.3. The number of amides is 1. The van der Waals surface area contributed by atoms with Crippen LogP contribution in [0.25, 0.3) is 0 Å². The third-order valence-corrected chi connectivity index (χ3v) is 7.74. The van der Waals surface area contributed by atoms with E-state index in [1.807, 2.05) is 18.2 Å². The highest BCUT2D eigenvalue weighted by molar-refractivity contribution is 7.89. The number of sulfonamides is 1. The summed E-state index contributed by atoms with van der Waals surface area (Å²) in [6.45, 7) is 0.819. The Morgan fingerprint density at radius 3 is 2.45 bits per heavy atom. The molecule has 1 amide bonds. The molecule has 0 radical (unpaired) electrons. The van der Waals surface area contributed by atoms with E-state index < -0.39 is 10.0 Å². The minimum atomic E-state index is -3.54. The van der Waals surface area contributed by atoms with Gasteiger partial charge in [0.2, 0.25) is 15.0 Å². The highest BCUT2D eigenvalue weighted by Crippen LogP contribution is 2.32. The van der Waals surface area contributed by atoms with Gasteiger partial charge in [-0.3, -0.25) is 4.79 Å². The van der Waals surface area contributed by atoms with E-state index in [2.05, 4.69) is 15.5 Å². The van der Waals surface area contributed by atoms with Gasteiger partial charge in [-0.2, -0.15) is 4.31 Å². The summed E-state index contributed by atoms with van der Waals surface area (Å²) in [4.78, 5) is 12.7. The predicted molar refractivity (Wildman–Crippen MR) is 111 cm³/mol. The van der Waals surface area contributed by atoms with Crippen LogP contribution in [-0.2, 0) is 10.0 Å². The van der Waals surface area contributed by atoms with Gasteiger partial charge in [0.15, 0.2) is 0 Å². The third-order valence-electron chi connectivity index (χ3n) is 4.78. The Morgan fingerprint density at radius 1 is 1.03 bits per heavy atom. The molecule has 29 heavy (non-hydrogen) atoms.